The molecule has 166 valence electrons. The zero-order valence-electron chi connectivity index (χ0n) is 18.3. The lowest BCUT2D eigenvalue weighted by molar-refractivity contribution is 0.257. The maximum absolute atomic E-state index is 9.80. The number of aliphatic hydroxyl groups excluding tert-OH is 1. The smallest absolute Gasteiger partial charge is 0.164 e. The molecule has 4 aromatic heterocycles. The average molecular weight is 451 g/mol. The Bertz CT molecular complexity index is 1250. The maximum atomic E-state index is 9.80. The largest absolute Gasteiger partial charge is 0.388 e. The van der Waals surface area contributed by atoms with Gasteiger partial charge in [0.15, 0.2) is 5.82 Å². The summed E-state index contributed by atoms with van der Waals surface area (Å²) < 4.78 is 3.98. The van der Waals surface area contributed by atoms with E-state index in [1.54, 1.807) is 30.5 Å². The van der Waals surface area contributed by atoms with E-state index < -0.39 is 0 Å². The van der Waals surface area contributed by atoms with E-state index in [0.717, 1.165) is 16.6 Å². The van der Waals surface area contributed by atoms with Crippen LogP contribution in [0, 0.1) is 5.92 Å². The number of hydrogen-bond donors (Lipinski definition) is 2. The van der Waals surface area contributed by atoms with Crippen LogP contribution in [0.15, 0.2) is 36.9 Å². The fourth-order valence-electron chi connectivity index (χ4n) is 3.48. The molecule has 0 radical (unpaired) electrons. The number of anilines is 2. The topological polar surface area (TPSA) is 107 Å². The van der Waals surface area contributed by atoms with Crippen LogP contribution >= 0.6 is 11.9 Å². The fraction of sp³-hybridized carbons (Fsp3) is 0.409. The first kappa shape index (κ1) is 20.9. The lowest BCUT2D eigenvalue weighted by atomic mass is 10.1. The van der Waals surface area contributed by atoms with E-state index in [1.807, 2.05) is 22.4 Å². The zero-order valence-corrected chi connectivity index (χ0v) is 19.1. The number of fused-ring (bicyclic) bond motifs is 1. The number of hydrogen-bond acceptors (Lipinski definition) is 8. The Hall–Kier alpha value is -2.98. The predicted octanol–water partition coefficient (Wildman–Crippen LogP) is 4.20. The van der Waals surface area contributed by atoms with Crippen molar-refractivity contribution < 1.29 is 5.11 Å². The molecule has 1 aliphatic carbocycles. The van der Waals surface area contributed by atoms with Crippen molar-refractivity contribution in [2.75, 3.05) is 5.32 Å². The number of nitrogens with one attached hydrogen (secondary N) is 1. The van der Waals surface area contributed by atoms with Gasteiger partial charge in [-0.1, -0.05) is 13.8 Å². The summed E-state index contributed by atoms with van der Waals surface area (Å²) in [6.07, 6.45) is 9.71. The van der Waals surface area contributed by atoms with Gasteiger partial charge in [0.25, 0.3) is 0 Å². The monoisotopic (exact) mass is 450 g/mol. The van der Waals surface area contributed by atoms with E-state index in [4.69, 9.17) is 0 Å². The van der Waals surface area contributed by atoms with Crippen molar-refractivity contribution in [1.82, 2.24) is 33.7 Å². The first-order chi connectivity index (χ1) is 15.5. The first-order valence-electron chi connectivity index (χ1n) is 10.8. The molecular formula is C22H26N8OS. The highest BCUT2D eigenvalue weighted by atomic mass is 32.2. The van der Waals surface area contributed by atoms with Crippen molar-refractivity contribution in [3.05, 3.63) is 42.7 Å². The molecule has 32 heavy (non-hydrogen) atoms. The third kappa shape index (κ3) is 4.20. The Morgan fingerprint density at radius 2 is 2.00 bits per heavy atom. The van der Waals surface area contributed by atoms with Gasteiger partial charge in [-0.15, -0.1) is 0 Å². The molecule has 0 saturated heterocycles. The van der Waals surface area contributed by atoms with Gasteiger partial charge >= 0.3 is 0 Å². The van der Waals surface area contributed by atoms with Crippen molar-refractivity contribution in [2.24, 2.45) is 5.92 Å². The summed E-state index contributed by atoms with van der Waals surface area (Å²) in [6.45, 7) is 6.34. The molecule has 4 aromatic rings. The molecule has 9 nitrogen and oxygen atoms in total. The molecule has 0 aromatic carbocycles. The van der Waals surface area contributed by atoms with Gasteiger partial charge in [0, 0.05) is 29.8 Å². The average Bonchev–Trinajstić information content (AvgIpc) is 3.34. The van der Waals surface area contributed by atoms with Crippen LogP contribution in [0.2, 0.25) is 0 Å². The molecule has 1 unspecified atom stereocenters. The van der Waals surface area contributed by atoms with Gasteiger partial charge in [0.05, 0.1) is 23.5 Å². The molecule has 0 aliphatic heterocycles. The summed E-state index contributed by atoms with van der Waals surface area (Å²) in [5, 5.41) is 18.2. The van der Waals surface area contributed by atoms with Crippen LogP contribution in [0.4, 0.5) is 11.6 Å². The third-order valence-electron chi connectivity index (χ3n) is 5.67. The van der Waals surface area contributed by atoms with Crippen LogP contribution in [0.1, 0.15) is 45.5 Å². The summed E-state index contributed by atoms with van der Waals surface area (Å²) >= 11 is 1.74. The van der Waals surface area contributed by atoms with E-state index in [9.17, 15) is 5.11 Å². The van der Waals surface area contributed by atoms with Gasteiger partial charge in [-0.3, -0.25) is 0 Å². The minimum absolute atomic E-state index is 0.115. The van der Waals surface area contributed by atoms with Gasteiger partial charge in [0.1, 0.15) is 29.6 Å². The number of rotatable bonds is 8. The number of aromatic nitrogens is 7. The Labute approximate surface area is 190 Å². The first-order valence-corrected chi connectivity index (χ1v) is 11.7. The van der Waals surface area contributed by atoms with Crippen molar-refractivity contribution >= 4 is 34.6 Å². The second-order valence-corrected chi connectivity index (χ2v) is 9.68. The van der Waals surface area contributed by atoms with Crippen LogP contribution in [-0.4, -0.2) is 44.0 Å². The molecule has 1 atom stereocenters. The summed E-state index contributed by atoms with van der Waals surface area (Å²) in [6, 6.07) is 3.95. The molecule has 4 heterocycles. The lowest BCUT2D eigenvalue weighted by Crippen LogP contribution is -2.14. The minimum atomic E-state index is -0.115. The van der Waals surface area contributed by atoms with E-state index in [0.29, 0.717) is 34.5 Å². The van der Waals surface area contributed by atoms with Gasteiger partial charge in [-0.05, 0) is 43.7 Å². The lowest BCUT2D eigenvalue weighted by Gasteiger charge is -2.20. The quantitative estimate of drug-likeness (QED) is 0.411. The predicted molar refractivity (Wildman–Crippen MR) is 126 cm³/mol. The van der Waals surface area contributed by atoms with Crippen LogP contribution in [0.3, 0.4) is 0 Å². The van der Waals surface area contributed by atoms with Gasteiger partial charge in [-0.2, -0.15) is 5.10 Å². The van der Waals surface area contributed by atoms with Crippen LogP contribution in [0.5, 0.6) is 0 Å². The second-order valence-electron chi connectivity index (χ2n) is 8.43. The van der Waals surface area contributed by atoms with Crippen LogP contribution < -0.4 is 5.32 Å². The summed E-state index contributed by atoms with van der Waals surface area (Å²) in [5.41, 5.74) is 2.57. The van der Waals surface area contributed by atoms with Crippen molar-refractivity contribution in [3.63, 3.8) is 0 Å². The molecule has 0 bridgehead atoms. The number of aliphatic hydroxyl groups is 1. The fourth-order valence-corrected chi connectivity index (χ4v) is 4.41. The molecule has 10 heteroatoms. The van der Waals surface area contributed by atoms with Crippen molar-refractivity contribution in [3.8, 4) is 11.4 Å². The SMILES string of the molecule is CC(C)C(C)n1c(CO)nc2cnc(Nc3ccnc(-c4cnn(SC5CC5)c4)n3)cc21. The van der Waals surface area contributed by atoms with Crippen molar-refractivity contribution in [2.45, 2.75) is 51.5 Å². The Morgan fingerprint density at radius 3 is 2.75 bits per heavy atom. The van der Waals surface area contributed by atoms with E-state index >= 15 is 0 Å². The minimum Gasteiger partial charge on any atom is -0.388 e. The highest BCUT2D eigenvalue weighted by Crippen LogP contribution is 2.35. The molecule has 0 spiro atoms. The summed E-state index contributed by atoms with van der Waals surface area (Å²) in [5.74, 6) is 2.95. The number of imidazole rings is 1. The second kappa shape index (κ2) is 8.51. The third-order valence-corrected chi connectivity index (χ3v) is 6.86. The summed E-state index contributed by atoms with van der Waals surface area (Å²) in [7, 11) is 0. The van der Waals surface area contributed by atoms with Gasteiger partial charge < -0.3 is 15.0 Å². The zero-order chi connectivity index (χ0) is 22.2. The highest BCUT2D eigenvalue weighted by Gasteiger charge is 2.23. The number of nitrogens with zero attached hydrogens (tertiary/aromatic N) is 7. The van der Waals surface area contributed by atoms with Gasteiger partial charge in [-0.25, -0.2) is 24.0 Å². The molecule has 0 amide bonds. The molecule has 1 fully saturated rings. The standard InChI is InChI=1S/C22H26N8OS/c1-13(2)14(3)30-18-8-20(24-10-17(18)26-21(30)12-31)27-19-6-7-23-22(28-19)15-9-25-29(11-15)32-16-4-5-16/h6-11,13-14,16,31H,4-5,12H2,1-3H3,(H,23,24,27,28). The molecule has 1 saturated carbocycles. The Balaban J connectivity index is 1.42. The normalized spacial score (nSPS) is 14.9. The maximum Gasteiger partial charge on any atom is 0.164 e. The Kier molecular flexibility index (Phi) is 5.56. The van der Waals surface area contributed by atoms with Crippen LogP contribution in [0.25, 0.3) is 22.4 Å². The van der Waals surface area contributed by atoms with E-state index in [-0.39, 0.29) is 12.6 Å². The highest BCUT2D eigenvalue weighted by molar-refractivity contribution is 7.98. The molecule has 5 rings (SSSR count). The number of pyridine rings is 1. The van der Waals surface area contributed by atoms with Gasteiger partial charge in [0.2, 0.25) is 0 Å². The molecule has 2 N–H and O–H groups in total. The molecular weight excluding hydrogens is 424 g/mol. The Morgan fingerprint density at radius 1 is 1.16 bits per heavy atom. The van der Waals surface area contributed by atoms with Crippen molar-refractivity contribution in [1.29, 1.82) is 0 Å². The molecule has 1 aliphatic rings. The van der Waals surface area contributed by atoms with E-state index in [1.165, 1.54) is 12.8 Å². The van der Waals surface area contributed by atoms with Crippen LogP contribution in [-0.2, 0) is 6.61 Å². The summed E-state index contributed by atoms with van der Waals surface area (Å²) in [4.78, 5) is 18.1. The van der Waals surface area contributed by atoms with E-state index in [2.05, 4.69) is 55.7 Å².